The standard InChI is InChI=1S/C15H22N2O5S2/c1-3-24(21,22)16-7-4-12(5-8-16)17(10-13(18)19)15(20)14-11(2)6-9-23-14/h6,9,12H,3-5,7-8,10H2,1-2H3,(H,18,19). The molecule has 1 aliphatic rings. The fraction of sp³-hybridized carbons (Fsp3) is 0.600. The molecular weight excluding hydrogens is 352 g/mol. The van der Waals surface area contributed by atoms with Crippen molar-refractivity contribution in [3.05, 3.63) is 21.9 Å². The van der Waals surface area contributed by atoms with E-state index in [0.717, 1.165) is 5.56 Å². The largest absolute Gasteiger partial charge is 0.480 e. The molecule has 24 heavy (non-hydrogen) atoms. The van der Waals surface area contributed by atoms with Crippen molar-refractivity contribution >= 4 is 33.2 Å². The molecule has 7 nitrogen and oxygen atoms in total. The Morgan fingerprint density at radius 1 is 1.38 bits per heavy atom. The number of aliphatic carboxylic acids is 1. The summed E-state index contributed by atoms with van der Waals surface area (Å²) in [6.45, 7) is 3.67. The fourth-order valence-corrected chi connectivity index (χ4v) is 4.86. The quantitative estimate of drug-likeness (QED) is 0.812. The third-order valence-corrected chi connectivity index (χ3v) is 7.13. The number of thiophene rings is 1. The van der Waals surface area contributed by atoms with E-state index in [0.29, 0.717) is 30.8 Å². The molecule has 1 fully saturated rings. The first-order chi connectivity index (χ1) is 11.3. The van der Waals surface area contributed by atoms with E-state index in [2.05, 4.69) is 0 Å². The van der Waals surface area contributed by atoms with Crippen LogP contribution in [0.4, 0.5) is 0 Å². The van der Waals surface area contributed by atoms with Crippen molar-refractivity contribution in [3.8, 4) is 0 Å². The lowest BCUT2D eigenvalue weighted by atomic mass is 10.0. The first kappa shape index (κ1) is 18.9. The van der Waals surface area contributed by atoms with E-state index >= 15 is 0 Å². The minimum absolute atomic E-state index is 0.0455. The SMILES string of the molecule is CCS(=O)(=O)N1CCC(N(CC(=O)O)C(=O)c2sccc2C)CC1. The molecule has 2 heterocycles. The normalized spacial score (nSPS) is 16.9. The number of rotatable bonds is 6. The Labute approximate surface area is 145 Å². The highest BCUT2D eigenvalue weighted by Gasteiger charge is 2.33. The summed E-state index contributed by atoms with van der Waals surface area (Å²) in [5.41, 5.74) is 0.825. The third-order valence-electron chi connectivity index (χ3n) is 4.25. The summed E-state index contributed by atoms with van der Waals surface area (Å²) in [6.07, 6.45) is 0.894. The summed E-state index contributed by atoms with van der Waals surface area (Å²) in [5, 5.41) is 11.0. The summed E-state index contributed by atoms with van der Waals surface area (Å²) in [4.78, 5) is 25.8. The molecule has 1 saturated heterocycles. The van der Waals surface area contributed by atoms with Gasteiger partial charge in [-0.3, -0.25) is 9.59 Å². The van der Waals surface area contributed by atoms with Crippen LogP contribution >= 0.6 is 11.3 Å². The Morgan fingerprint density at radius 3 is 2.46 bits per heavy atom. The Morgan fingerprint density at radius 2 is 2.00 bits per heavy atom. The van der Waals surface area contributed by atoms with E-state index in [1.54, 1.807) is 12.3 Å². The van der Waals surface area contributed by atoms with Gasteiger partial charge in [-0.25, -0.2) is 12.7 Å². The lowest BCUT2D eigenvalue weighted by molar-refractivity contribution is -0.138. The number of aryl methyl sites for hydroxylation is 1. The van der Waals surface area contributed by atoms with Gasteiger partial charge in [0.2, 0.25) is 10.0 Å². The number of carboxylic acid groups (broad SMARTS) is 1. The van der Waals surface area contributed by atoms with Crippen LogP contribution in [0.5, 0.6) is 0 Å². The van der Waals surface area contributed by atoms with Crippen molar-refractivity contribution in [3.63, 3.8) is 0 Å². The maximum absolute atomic E-state index is 12.7. The predicted molar refractivity (Wildman–Crippen MR) is 91.8 cm³/mol. The second kappa shape index (κ2) is 7.62. The van der Waals surface area contributed by atoms with Crippen LogP contribution in [0.3, 0.4) is 0 Å². The monoisotopic (exact) mass is 374 g/mol. The summed E-state index contributed by atoms with van der Waals surface area (Å²) in [7, 11) is -3.25. The molecule has 134 valence electrons. The zero-order valence-corrected chi connectivity index (χ0v) is 15.4. The minimum Gasteiger partial charge on any atom is -0.480 e. The maximum atomic E-state index is 12.7. The van der Waals surface area contributed by atoms with Gasteiger partial charge in [0.15, 0.2) is 0 Å². The molecule has 2 rings (SSSR count). The molecule has 0 aromatic carbocycles. The van der Waals surface area contributed by atoms with E-state index < -0.39 is 16.0 Å². The number of carbonyl (C=O) groups excluding carboxylic acids is 1. The van der Waals surface area contributed by atoms with Crippen LogP contribution in [0.25, 0.3) is 0 Å². The lowest BCUT2D eigenvalue weighted by Crippen LogP contribution is -2.50. The van der Waals surface area contributed by atoms with Crippen molar-refractivity contribution in [2.75, 3.05) is 25.4 Å². The first-order valence-electron chi connectivity index (χ1n) is 7.81. The Balaban J connectivity index is 2.14. The van der Waals surface area contributed by atoms with Crippen molar-refractivity contribution in [1.82, 2.24) is 9.21 Å². The maximum Gasteiger partial charge on any atom is 0.323 e. The van der Waals surface area contributed by atoms with Gasteiger partial charge in [-0.05, 0) is 43.7 Å². The van der Waals surface area contributed by atoms with Gasteiger partial charge in [-0.2, -0.15) is 0 Å². The lowest BCUT2D eigenvalue weighted by Gasteiger charge is -2.37. The zero-order valence-electron chi connectivity index (χ0n) is 13.8. The van der Waals surface area contributed by atoms with Gasteiger partial charge in [-0.1, -0.05) is 0 Å². The predicted octanol–water partition coefficient (Wildman–Crippen LogP) is 1.40. The van der Waals surface area contributed by atoms with Crippen LogP contribution in [0.2, 0.25) is 0 Å². The zero-order chi connectivity index (χ0) is 17.9. The molecule has 0 aliphatic carbocycles. The molecule has 0 bridgehead atoms. The van der Waals surface area contributed by atoms with Gasteiger partial charge in [0.05, 0.1) is 10.6 Å². The van der Waals surface area contributed by atoms with Crippen LogP contribution in [-0.4, -0.2) is 66.0 Å². The third kappa shape index (κ3) is 4.14. The minimum atomic E-state index is -3.25. The molecule has 1 aromatic heterocycles. The van der Waals surface area contributed by atoms with Gasteiger partial charge >= 0.3 is 5.97 Å². The van der Waals surface area contributed by atoms with Gasteiger partial charge in [-0.15, -0.1) is 11.3 Å². The Bertz CT molecular complexity index is 705. The number of carboxylic acids is 1. The highest BCUT2D eigenvalue weighted by atomic mass is 32.2. The molecule has 1 N–H and O–H groups in total. The number of piperidine rings is 1. The van der Waals surface area contributed by atoms with E-state index in [-0.39, 0.29) is 24.2 Å². The fourth-order valence-electron chi connectivity index (χ4n) is 2.85. The smallest absolute Gasteiger partial charge is 0.323 e. The molecule has 0 saturated carbocycles. The molecule has 0 spiro atoms. The Kier molecular flexibility index (Phi) is 6.00. The number of hydrogen-bond acceptors (Lipinski definition) is 5. The molecule has 0 radical (unpaired) electrons. The molecular formula is C15H22N2O5S2. The second-order valence-electron chi connectivity index (χ2n) is 5.79. The van der Waals surface area contributed by atoms with Crippen molar-refractivity contribution < 1.29 is 23.1 Å². The highest BCUT2D eigenvalue weighted by molar-refractivity contribution is 7.89. The molecule has 0 unspecified atom stereocenters. The number of nitrogens with zero attached hydrogens (tertiary/aromatic N) is 2. The summed E-state index contributed by atoms with van der Waals surface area (Å²) in [6, 6.07) is 1.56. The van der Waals surface area contributed by atoms with Crippen LogP contribution in [0, 0.1) is 6.92 Å². The van der Waals surface area contributed by atoms with E-state index in [4.69, 9.17) is 5.11 Å². The van der Waals surface area contributed by atoms with Crippen LogP contribution in [0.15, 0.2) is 11.4 Å². The van der Waals surface area contributed by atoms with E-state index in [9.17, 15) is 18.0 Å². The molecule has 1 amide bonds. The number of carbonyl (C=O) groups is 2. The van der Waals surface area contributed by atoms with Gasteiger partial charge in [0.1, 0.15) is 6.54 Å². The van der Waals surface area contributed by atoms with Crippen LogP contribution in [-0.2, 0) is 14.8 Å². The van der Waals surface area contributed by atoms with Crippen LogP contribution in [0.1, 0.15) is 35.0 Å². The summed E-state index contributed by atoms with van der Waals surface area (Å²) >= 11 is 1.30. The average Bonchev–Trinajstić information content (AvgIpc) is 2.98. The van der Waals surface area contributed by atoms with Gasteiger partial charge < -0.3 is 10.0 Å². The number of sulfonamides is 1. The molecule has 0 atom stereocenters. The van der Waals surface area contributed by atoms with Crippen molar-refractivity contribution in [2.24, 2.45) is 0 Å². The van der Waals surface area contributed by atoms with E-state index in [1.165, 1.54) is 20.5 Å². The van der Waals surface area contributed by atoms with E-state index in [1.807, 2.05) is 13.0 Å². The summed E-state index contributed by atoms with van der Waals surface area (Å²) < 4.78 is 25.3. The molecule has 1 aromatic rings. The first-order valence-corrected chi connectivity index (χ1v) is 10.3. The highest BCUT2D eigenvalue weighted by Crippen LogP contribution is 2.24. The molecule has 9 heteroatoms. The summed E-state index contributed by atoms with van der Waals surface area (Å²) in [5.74, 6) is -1.31. The van der Waals surface area contributed by atoms with Crippen LogP contribution < -0.4 is 0 Å². The van der Waals surface area contributed by atoms with Crippen molar-refractivity contribution in [1.29, 1.82) is 0 Å². The topological polar surface area (TPSA) is 95.0 Å². The number of hydrogen-bond donors (Lipinski definition) is 1. The van der Waals surface area contributed by atoms with Gasteiger partial charge in [0, 0.05) is 19.1 Å². The van der Waals surface area contributed by atoms with Crippen molar-refractivity contribution in [2.45, 2.75) is 32.7 Å². The molecule has 1 aliphatic heterocycles. The number of amides is 1. The average molecular weight is 374 g/mol. The van der Waals surface area contributed by atoms with Gasteiger partial charge in [0.25, 0.3) is 5.91 Å². The second-order valence-corrected chi connectivity index (χ2v) is 8.96. The Hall–Kier alpha value is -1.45.